The molecule has 78 valence electrons. The summed E-state index contributed by atoms with van der Waals surface area (Å²) in [7, 11) is 1.51. The molecule has 4 heteroatoms. The summed E-state index contributed by atoms with van der Waals surface area (Å²) in [6.45, 7) is -0.0577. The van der Waals surface area contributed by atoms with Crippen LogP contribution in [0.4, 0.5) is 4.39 Å². The summed E-state index contributed by atoms with van der Waals surface area (Å²) in [5, 5.41) is 8.68. The molecule has 14 heavy (non-hydrogen) atoms. The molecule has 0 bridgehead atoms. The molecule has 0 saturated heterocycles. The van der Waals surface area contributed by atoms with E-state index < -0.39 is 6.04 Å². The Kier molecular flexibility index (Phi) is 3.85. The molecule has 0 aliphatic carbocycles. The van der Waals surface area contributed by atoms with Gasteiger partial charge >= 0.3 is 0 Å². The van der Waals surface area contributed by atoms with Crippen LogP contribution in [0.15, 0.2) is 18.2 Å². The Hall–Kier alpha value is -1.13. The zero-order valence-corrected chi connectivity index (χ0v) is 8.03. The molecule has 0 fully saturated rings. The van der Waals surface area contributed by atoms with Gasteiger partial charge in [0.15, 0.2) is 0 Å². The lowest BCUT2D eigenvalue weighted by atomic mass is 10.0. The molecule has 0 aliphatic heterocycles. The smallest absolute Gasteiger partial charge is 0.128 e. The largest absolute Gasteiger partial charge is 0.497 e. The molecular formula is C10H14FNO2. The first-order chi connectivity index (χ1) is 6.69. The van der Waals surface area contributed by atoms with Gasteiger partial charge in [-0.05, 0) is 24.6 Å². The second-order valence-electron chi connectivity index (χ2n) is 3.01. The first-order valence-electron chi connectivity index (χ1n) is 4.39. The first kappa shape index (κ1) is 10.9. The SMILES string of the molecule is COc1ccc(F)c(C(N)CCO)c1. The van der Waals surface area contributed by atoms with Crippen molar-refractivity contribution in [3.63, 3.8) is 0 Å². The van der Waals surface area contributed by atoms with Crippen LogP contribution in [0.1, 0.15) is 18.0 Å². The van der Waals surface area contributed by atoms with Gasteiger partial charge in [-0.15, -0.1) is 0 Å². The molecule has 1 aromatic carbocycles. The van der Waals surface area contributed by atoms with Crippen molar-refractivity contribution in [2.75, 3.05) is 13.7 Å². The van der Waals surface area contributed by atoms with Gasteiger partial charge < -0.3 is 15.6 Å². The average Bonchev–Trinajstić information content (AvgIpc) is 2.19. The van der Waals surface area contributed by atoms with Crippen molar-refractivity contribution in [2.24, 2.45) is 5.73 Å². The lowest BCUT2D eigenvalue weighted by molar-refractivity contribution is 0.275. The van der Waals surface area contributed by atoms with Crippen molar-refractivity contribution < 1.29 is 14.2 Å². The lowest BCUT2D eigenvalue weighted by Crippen LogP contribution is -2.13. The second kappa shape index (κ2) is 4.93. The highest BCUT2D eigenvalue weighted by molar-refractivity contribution is 5.31. The summed E-state index contributed by atoms with van der Waals surface area (Å²) >= 11 is 0. The van der Waals surface area contributed by atoms with Crippen molar-refractivity contribution >= 4 is 0 Å². The maximum absolute atomic E-state index is 13.3. The Morgan fingerprint density at radius 2 is 2.29 bits per heavy atom. The third-order valence-electron chi connectivity index (χ3n) is 2.04. The lowest BCUT2D eigenvalue weighted by Gasteiger charge is -2.12. The number of aliphatic hydroxyl groups is 1. The number of aliphatic hydroxyl groups excluding tert-OH is 1. The minimum atomic E-state index is -0.491. The van der Waals surface area contributed by atoms with Gasteiger partial charge in [-0.25, -0.2) is 4.39 Å². The van der Waals surface area contributed by atoms with Crippen LogP contribution in [0.25, 0.3) is 0 Å². The van der Waals surface area contributed by atoms with E-state index in [1.807, 2.05) is 0 Å². The van der Waals surface area contributed by atoms with Crippen LogP contribution in [0.2, 0.25) is 0 Å². The molecule has 3 nitrogen and oxygen atoms in total. The van der Waals surface area contributed by atoms with Crippen LogP contribution in [-0.2, 0) is 0 Å². The van der Waals surface area contributed by atoms with E-state index in [2.05, 4.69) is 0 Å². The Morgan fingerprint density at radius 3 is 2.86 bits per heavy atom. The van der Waals surface area contributed by atoms with Gasteiger partial charge in [-0.3, -0.25) is 0 Å². The Labute approximate surface area is 82.3 Å². The molecule has 1 rings (SSSR count). The number of methoxy groups -OCH3 is 1. The standard InChI is InChI=1S/C10H14FNO2/c1-14-7-2-3-9(11)8(6-7)10(12)4-5-13/h2-3,6,10,13H,4-5,12H2,1H3. The van der Waals surface area contributed by atoms with Gasteiger partial charge in [0.05, 0.1) is 7.11 Å². The highest BCUT2D eigenvalue weighted by atomic mass is 19.1. The van der Waals surface area contributed by atoms with E-state index in [0.29, 0.717) is 17.7 Å². The van der Waals surface area contributed by atoms with Gasteiger partial charge in [-0.2, -0.15) is 0 Å². The molecule has 0 amide bonds. The monoisotopic (exact) mass is 199 g/mol. The van der Waals surface area contributed by atoms with Gasteiger partial charge in [-0.1, -0.05) is 0 Å². The molecule has 0 saturated carbocycles. The zero-order valence-electron chi connectivity index (χ0n) is 8.03. The van der Waals surface area contributed by atoms with E-state index in [-0.39, 0.29) is 12.4 Å². The molecule has 1 unspecified atom stereocenters. The number of hydrogen-bond acceptors (Lipinski definition) is 3. The van der Waals surface area contributed by atoms with E-state index in [9.17, 15) is 4.39 Å². The van der Waals surface area contributed by atoms with Crippen LogP contribution in [-0.4, -0.2) is 18.8 Å². The van der Waals surface area contributed by atoms with Gasteiger partial charge in [0.25, 0.3) is 0 Å². The van der Waals surface area contributed by atoms with E-state index in [4.69, 9.17) is 15.6 Å². The molecule has 3 N–H and O–H groups in total. The molecule has 0 aliphatic rings. The van der Waals surface area contributed by atoms with Crippen LogP contribution < -0.4 is 10.5 Å². The van der Waals surface area contributed by atoms with Crippen LogP contribution in [0.5, 0.6) is 5.75 Å². The number of hydrogen-bond donors (Lipinski definition) is 2. The maximum atomic E-state index is 13.3. The Balaban J connectivity index is 2.93. The molecule has 0 aromatic heterocycles. The maximum Gasteiger partial charge on any atom is 0.128 e. The predicted octanol–water partition coefficient (Wildman–Crippen LogP) is 1.22. The normalized spacial score (nSPS) is 12.6. The van der Waals surface area contributed by atoms with Gasteiger partial charge in [0.1, 0.15) is 11.6 Å². The predicted molar refractivity (Wildman–Crippen MR) is 51.6 cm³/mol. The van der Waals surface area contributed by atoms with E-state index in [1.165, 1.54) is 19.2 Å². The van der Waals surface area contributed by atoms with Crippen LogP contribution in [0, 0.1) is 5.82 Å². The summed E-state index contributed by atoms with van der Waals surface area (Å²) in [6.07, 6.45) is 0.337. The minimum absolute atomic E-state index is 0.0577. The Bertz CT molecular complexity index is 304. The fourth-order valence-corrected chi connectivity index (χ4v) is 1.23. The van der Waals surface area contributed by atoms with E-state index >= 15 is 0 Å². The summed E-state index contributed by atoms with van der Waals surface area (Å²) in [5.41, 5.74) is 6.05. The van der Waals surface area contributed by atoms with Crippen molar-refractivity contribution in [1.29, 1.82) is 0 Å². The third-order valence-corrected chi connectivity index (χ3v) is 2.04. The minimum Gasteiger partial charge on any atom is -0.497 e. The molecular weight excluding hydrogens is 185 g/mol. The summed E-state index contributed by atoms with van der Waals surface area (Å²) < 4.78 is 18.2. The molecule has 1 atom stereocenters. The topological polar surface area (TPSA) is 55.5 Å². The first-order valence-corrected chi connectivity index (χ1v) is 4.39. The van der Waals surface area contributed by atoms with Crippen molar-refractivity contribution in [2.45, 2.75) is 12.5 Å². The van der Waals surface area contributed by atoms with Crippen LogP contribution >= 0.6 is 0 Å². The van der Waals surface area contributed by atoms with Gasteiger partial charge in [0.2, 0.25) is 0 Å². The fourth-order valence-electron chi connectivity index (χ4n) is 1.23. The highest BCUT2D eigenvalue weighted by Gasteiger charge is 2.11. The average molecular weight is 199 g/mol. The third kappa shape index (κ3) is 2.43. The molecule has 0 heterocycles. The number of nitrogens with two attached hydrogens (primary N) is 1. The van der Waals surface area contributed by atoms with Gasteiger partial charge in [0, 0.05) is 18.2 Å². The summed E-state index contributed by atoms with van der Waals surface area (Å²) in [5.74, 6) is 0.196. The molecule has 0 spiro atoms. The van der Waals surface area contributed by atoms with Crippen molar-refractivity contribution in [1.82, 2.24) is 0 Å². The van der Waals surface area contributed by atoms with Crippen LogP contribution in [0.3, 0.4) is 0 Å². The highest BCUT2D eigenvalue weighted by Crippen LogP contribution is 2.22. The quantitative estimate of drug-likeness (QED) is 0.766. The molecule has 0 radical (unpaired) electrons. The van der Waals surface area contributed by atoms with E-state index in [0.717, 1.165) is 0 Å². The molecule has 1 aromatic rings. The fraction of sp³-hybridized carbons (Fsp3) is 0.400. The Morgan fingerprint density at radius 1 is 1.57 bits per heavy atom. The summed E-state index contributed by atoms with van der Waals surface area (Å²) in [4.78, 5) is 0. The number of benzene rings is 1. The zero-order chi connectivity index (χ0) is 10.6. The number of ether oxygens (including phenoxy) is 1. The van der Waals surface area contributed by atoms with Crippen molar-refractivity contribution in [3.8, 4) is 5.75 Å². The second-order valence-corrected chi connectivity index (χ2v) is 3.01. The number of halogens is 1. The van der Waals surface area contributed by atoms with E-state index in [1.54, 1.807) is 6.07 Å². The number of rotatable bonds is 4. The van der Waals surface area contributed by atoms with Crippen molar-refractivity contribution in [3.05, 3.63) is 29.6 Å². The summed E-state index contributed by atoms with van der Waals surface area (Å²) in [6, 6.07) is 3.90.